The van der Waals surface area contributed by atoms with Gasteiger partial charge in [-0.3, -0.25) is 4.79 Å². The first-order chi connectivity index (χ1) is 14.5. The third-order valence-corrected chi connectivity index (χ3v) is 5.81. The fourth-order valence-corrected chi connectivity index (χ4v) is 4.34. The van der Waals surface area contributed by atoms with Crippen LogP contribution in [-0.4, -0.2) is 24.8 Å². The van der Waals surface area contributed by atoms with Gasteiger partial charge in [0.1, 0.15) is 11.2 Å². The van der Waals surface area contributed by atoms with Crippen molar-refractivity contribution in [2.45, 2.75) is 5.41 Å². The quantitative estimate of drug-likeness (QED) is 0.409. The Balaban J connectivity index is 2.15. The molecule has 0 fully saturated rings. The predicted molar refractivity (Wildman–Crippen MR) is 119 cm³/mol. The van der Waals surface area contributed by atoms with Gasteiger partial charge in [0.25, 0.3) is 0 Å². The predicted octanol–water partition coefficient (Wildman–Crippen LogP) is 5.35. The van der Waals surface area contributed by atoms with Crippen LogP contribution in [-0.2, 0) is 22.0 Å². The number of fused-ring (bicyclic) bond motifs is 1. The zero-order valence-electron chi connectivity index (χ0n) is 17.1. The lowest BCUT2D eigenvalue weighted by molar-refractivity contribution is -0.144. The molecule has 0 N–H and O–H groups in total. The molecule has 1 unspecified atom stereocenters. The van der Waals surface area contributed by atoms with Crippen molar-refractivity contribution in [3.8, 4) is 5.75 Å². The monoisotopic (exact) mass is 419 g/mol. The van der Waals surface area contributed by atoms with Crippen molar-refractivity contribution in [3.05, 3.63) is 101 Å². The summed E-state index contributed by atoms with van der Waals surface area (Å²) in [6, 6.07) is 22.9. The van der Waals surface area contributed by atoms with E-state index in [4.69, 9.17) is 21.1 Å². The average Bonchev–Trinajstić information content (AvgIpc) is 3.11. The molecule has 3 aromatic carbocycles. The Morgan fingerprint density at radius 2 is 1.60 bits per heavy atom. The highest BCUT2D eigenvalue weighted by atomic mass is 35.5. The maximum atomic E-state index is 13.6. The van der Waals surface area contributed by atoms with Gasteiger partial charge < -0.3 is 14.0 Å². The Labute approximate surface area is 180 Å². The highest BCUT2D eigenvalue weighted by Gasteiger charge is 2.47. The Bertz CT molecular complexity index is 1200. The molecule has 152 valence electrons. The Morgan fingerprint density at radius 3 is 2.23 bits per heavy atom. The van der Waals surface area contributed by atoms with Crippen molar-refractivity contribution < 1.29 is 14.3 Å². The van der Waals surface area contributed by atoms with Crippen LogP contribution in [0, 0.1) is 0 Å². The second-order valence-electron chi connectivity index (χ2n) is 7.15. The van der Waals surface area contributed by atoms with Crippen molar-refractivity contribution >= 4 is 28.5 Å². The Morgan fingerprint density at radius 1 is 0.933 bits per heavy atom. The number of aryl methyl sites for hydroxylation is 1. The molecule has 0 amide bonds. The first-order valence-corrected chi connectivity index (χ1v) is 9.93. The number of methoxy groups -OCH3 is 2. The fourth-order valence-electron chi connectivity index (χ4n) is 4.17. The number of carbonyl (C=O) groups excluding carboxylic acids is 1. The second-order valence-corrected chi connectivity index (χ2v) is 7.59. The molecule has 4 rings (SSSR count). The lowest BCUT2D eigenvalue weighted by Gasteiger charge is -2.32. The van der Waals surface area contributed by atoms with Gasteiger partial charge >= 0.3 is 5.97 Å². The summed E-state index contributed by atoms with van der Waals surface area (Å²) in [6.45, 7) is 0. The first-order valence-electron chi connectivity index (χ1n) is 9.56. The van der Waals surface area contributed by atoms with Crippen LogP contribution in [0.4, 0.5) is 0 Å². The number of benzene rings is 3. The van der Waals surface area contributed by atoms with E-state index < -0.39 is 5.41 Å². The highest BCUT2D eigenvalue weighted by molar-refractivity contribution is 6.31. The molecule has 0 aliphatic heterocycles. The van der Waals surface area contributed by atoms with Gasteiger partial charge in [-0.1, -0.05) is 54.1 Å². The van der Waals surface area contributed by atoms with E-state index in [1.165, 1.54) is 7.11 Å². The fraction of sp³-hybridized carbons (Fsp3) is 0.160. The SMILES string of the molecule is COC(=O)C(c1ccccc1)(c1ccc(OC)cc1)c1cn(C)c2ccc(Cl)cc12. The number of carbonyl (C=O) groups is 1. The van der Waals surface area contributed by atoms with Gasteiger partial charge in [-0.2, -0.15) is 0 Å². The van der Waals surface area contributed by atoms with Gasteiger partial charge in [0.2, 0.25) is 0 Å². The topological polar surface area (TPSA) is 40.5 Å². The van der Waals surface area contributed by atoms with Gasteiger partial charge in [0.05, 0.1) is 14.2 Å². The van der Waals surface area contributed by atoms with Crippen LogP contribution in [0.1, 0.15) is 16.7 Å². The van der Waals surface area contributed by atoms with Crippen LogP contribution < -0.4 is 4.74 Å². The number of nitrogens with zero attached hydrogens (tertiary/aromatic N) is 1. The van der Waals surface area contributed by atoms with E-state index in [1.54, 1.807) is 7.11 Å². The Hall–Kier alpha value is -3.24. The molecule has 30 heavy (non-hydrogen) atoms. The number of ether oxygens (including phenoxy) is 2. The molecule has 4 aromatic rings. The van der Waals surface area contributed by atoms with E-state index in [1.807, 2.05) is 90.6 Å². The molecule has 1 atom stereocenters. The van der Waals surface area contributed by atoms with E-state index in [2.05, 4.69) is 0 Å². The third kappa shape index (κ3) is 3.04. The highest BCUT2D eigenvalue weighted by Crippen LogP contribution is 2.44. The number of hydrogen-bond acceptors (Lipinski definition) is 3. The number of aromatic nitrogens is 1. The van der Waals surface area contributed by atoms with Crippen LogP contribution in [0.15, 0.2) is 79.0 Å². The number of halogens is 1. The average molecular weight is 420 g/mol. The zero-order chi connectivity index (χ0) is 21.3. The number of esters is 1. The summed E-state index contributed by atoms with van der Waals surface area (Å²) in [4.78, 5) is 13.6. The first kappa shape index (κ1) is 20.0. The molecule has 0 radical (unpaired) electrons. The molecule has 0 bridgehead atoms. The van der Waals surface area contributed by atoms with Gasteiger partial charge in [0, 0.05) is 34.7 Å². The standard InChI is InChI=1S/C25H22ClNO3/c1-27-16-22(21-15-19(26)11-14-23(21)27)25(24(28)30-3,17-7-5-4-6-8-17)18-9-12-20(29-2)13-10-18/h4-16H,1-3H3. The molecular weight excluding hydrogens is 398 g/mol. The summed E-state index contributed by atoms with van der Waals surface area (Å²) in [5.74, 6) is 0.345. The molecule has 4 nitrogen and oxygen atoms in total. The number of hydrogen-bond donors (Lipinski definition) is 0. The van der Waals surface area contributed by atoms with E-state index >= 15 is 0 Å². The molecule has 0 saturated heterocycles. The minimum atomic E-state index is -1.17. The molecule has 0 saturated carbocycles. The summed E-state index contributed by atoms with van der Waals surface area (Å²) < 4.78 is 12.7. The van der Waals surface area contributed by atoms with E-state index in [0.29, 0.717) is 10.8 Å². The van der Waals surface area contributed by atoms with Crippen LogP contribution in [0.2, 0.25) is 5.02 Å². The van der Waals surface area contributed by atoms with E-state index in [-0.39, 0.29) is 5.97 Å². The molecule has 5 heteroatoms. The lowest BCUT2D eigenvalue weighted by Crippen LogP contribution is -2.39. The lowest BCUT2D eigenvalue weighted by atomic mass is 9.69. The normalized spacial score (nSPS) is 13.1. The largest absolute Gasteiger partial charge is 0.497 e. The minimum absolute atomic E-state index is 0.369. The molecule has 0 aliphatic rings. The second kappa shape index (κ2) is 7.88. The summed E-state index contributed by atoms with van der Waals surface area (Å²) in [5, 5.41) is 1.51. The van der Waals surface area contributed by atoms with Crippen LogP contribution in [0.5, 0.6) is 5.75 Å². The van der Waals surface area contributed by atoms with Crippen LogP contribution in [0.25, 0.3) is 10.9 Å². The molecule has 0 aliphatic carbocycles. The zero-order valence-corrected chi connectivity index (χ0v) is 17.8. The van der Waals surface area contributed by atoms with Crippen LogP contribution in [0.3, 0.4) is 0 Å². The van der Waals surface area contributed by atoms with Gasteiger partial charge in [-0.25, -0.2) is 0 Å². The van der Waals surface area contributed by atoms with Gasteiger partial charge in [0.15, 0.2) is 0 Å². The number of rotatable bonds is 5. The summed E-state index contributed by atoms with van der Waals surface area (Å²) in [7, 11) is 4.99. The van der Waals surface area contributed by atoms with E-state index in [9.17, 15) is 4.79 Å². The smallest absolute Gasteiger partial charge is 0.325 e. The summed E-state index contributed by atoms with van der Waals surface area (Å²) >= 11 is 6.35. The van der Waals surface area contributed by atoms with Crippen molar-refractivity contribution in [2.24, 2.45) is 7.05 Å². The van der Waals surface area contributed by atoms with Gasteiger partial charge in [-0.15, -0.1) is 0 Å². The van der Waals surface area contributed by atoms with Crippen molar-refractivity contribution in [2.75, 3.05) is 14.2 Å². The maximum absolute atomic E-state index is 13.6. The van der Waals surface area contributed by atoms with Gasteiger partial charge in [-0.05, 0) is 41.5 Å². The molecular formula is C25H22ClNO3. The molecule has 0 spiro atoms. The minimum Gasteiger partial charge on any atom is -0.497 e. The maximum Gasteiger partial charge on any atom is 0.325 e. The van der Waals surface area contributed by atoms with Crippen molar-refractivity contribution in [1.82, 2.24) is 4.57 Å². The van der Waals surface area contributed by atoms with Crippen molar-refractivity contribution in [3.63, 3.8) is 0 Å². The third-order valence-electron chi connectivity index (χ3n) is 5.58. The molecule has 1 heterocycles. The summed E-state index contributed by atoms with van der Waals surface area (Å²) in [5.41, 5.74) is 2.22. The Kier molecular flexibility index (Phi) is 5.27. The van der Waals surface area contributed by atoms with Crippen molar-refractivity contribution in [1.29, 1.82) is 0 Å². The van der Waals surface area contributed by atoms with Crippen LogP contribution >= 0.6 is 11.6 Å². The molecule has 1 aromatic heterocycles. The summed E-state index contributed by atoms with van der Waals surface area (Å²) in [6.07, 6.45) is 1.98. The van der Waals surface area contributed by atoms with E-state index in [0.717, 1.165) is 27.6 Å².